The van der Waals surface area contributed by atoms with Gasteiger partial charge in [-0.05, 0) is 41.3 Å². The van der Waals surface area contributed by atoms with E-state index >= 15 is 0 Å². The van der Waals surface area contributed by atoms with Crippen molar-refractivity contribution in [3.63, 3.8) is 0 Å². The standard InChI is InChI=1S/C17H15Cl2FN4O/c18-12-5-4-10(15-13(19)2-1-3-14(15)20)11-8-24(7-6-9(11)12)17(25)23-16(21)22/h1-5H,6-8H2,(H4,21,22,23,25). The van der Waals surface area contributed by atoms with Crippen molar-refractivity contribution in [2.45, 2.75) is 13.0 Å². The molecular weight excluding hydrogens is 366 g/mol. The number of urea groups is 1. The average molecular weight is 381 g/mol. The number of carbonyl (C=O) groups excluding carboxylic acids is 1. The molecule has 0 fully saturated rings. The van der Waals surface area contributed by atoms with E-state index in [1.807, 2.05) is 0 Å². The zero-order valence-corrected chi connectivity index (χ0v) is 14.6. The number of halogens is 3. The van der Waals surface area contributed by atoms with Gasteiger partial charge in [0.1, 0.15) is 5.82 Å². The molecule has 130 valence electrons. The average Bonchev–Trinajstić information content (AvgIpc) is 2.55. The molecule has 4 N–H and O–H groups in total. The first-order valence-corrected chi connectivity index (χ1v) is 8.27. The maximum atomic E-state index is 14.4. The van der Waals surface area contributed by atoms with Gasteiger partial charge in [-0.1, -0.05) is 35.3 Å². The monoisotopic (exact) mass is 380 g/mol. The van der Waals surface area contributed by atoms with Crippen molar-refractivity contribution in [2.75, 3.05) is 6.54 Å². The summed E-state index contributed by atoms with van der Waals surface area (Å²) in [6.07, 6.45) is 0.514. The lowest BCUT2D eigenvalue weighted by atomic mass is 9.91. The molecule has 0 unspecified atom stereocenters. The number of hydrogen-bond donors (Lipinski definition) is 2. The Kier molecular flexibility index (Phi) is 4.83. The molecule has 0 aliphatic carbocycles. The number of nitrogens with zero attached hydrogens (tertiary/aromatic N) is 2. The number of carbonyl (C=O) groups is 1. The van der Waals surface area contributed by atoms with Crippen LogP contribution in [0.25, 0.3) is 11.1 Å². The van der Waals surface area contributed by atoms with Crippen molar-refractivity contribution >= 4 is 35.2 Å². The molecule has 25 heavy (non-hydrogen) atoms. The van der Waals surface area contributed by atoms with Crippen LogP contribution in [-0.4, -0.2) is 23.4 Å². The summed E-state index contributed by atoms with van der Waals surface area (Å²) in [4.78, 5) is 17.2. The minimum Gasteiger partial charge on any atom is -0.370 e. The molecular formula is C17H15Cl2FN4O. The van der Waals surface area contributed by atoms with Crippen molar-refractivity contribution in [2.24, 2.45) is 16.5 Å². The van der Waals surface area contributed by atoms with Gasteiger partial charge in [0.2, 0.25) is 0 Å². The Labute approximate surface area is 154 Å². The maximum Gasteiger partial charge on any atom is 0.347 e. The van der Waals surface area contributed by atoms with Crippen LogP contribution in [0, 0.1) is 5.82 Å². The van der Waals surface area contributed by atoms with Crippen LogP contribution in [0.2, 0.25) is 10.0 Å². The van der Waals surface area contributed by atoms with Crippen LogP contribution in [-0.2, 0) is 13.0 Å². The third-order valence-electron chi connectivity index (χ3n) is 4.08. The number of guanidine groups is 1. The normalized spacial score (nSPS) is 13.3. The molecule has 5 nitrogen and oxygen atoms in total. The number of nitrogens with two attached hydrogens (primary N) is 2. The van der Waals surface area contributed by atoms with Crippen LogP contribution in [0.4, 0.5) is 9.18 Å². The highest BCUT2D eigenvalue weighted by Gasteiger charge is 2.26. The quantitative estimate of drug-likeness (QED) is 0.585. The molecule has 2 aromatic carbocycles. The van der Waals surface area contributed by atoms with Crippen molar-refractivity contribution in [1.82, 2.24) is 4.90 Å². The summed E-state index contributed by atoms with van der Waals surface area (Å²) in [5, 5.41) is 0.859. The number of amides is 2. The van der Waals surface area contributed by atoms with Crippen molar-refractivity contribution < 1.29 is 9.18 Å². The Hall–Kier alpha value is -2.31. The lowest BCUT2D eigenvalue weighted by Gasteiger charge is -2.30. The van der Waals surface area contributed by atoms with E-state index < -0.39 is 11.8 Å². The molecule has 8 heteroatoms. The lowest BCUT2D eigenvalue weighted by Crippen LogP contribution is -2.36. The predicted molar refractivity (Wildman–Crippen MR) is 97.2 cm³/mol. The highest BCUT2D eigenvalue weighted by Crippen LogP contribution is 2.38. The van der Waals surface area contributed by atoms with E-state index in [1.54, 1.807) is 18.2 Å². The van der Waals surface area contributed by atoms with Gasteiger partial charge < -0.3 is 16.4 Å². The number of hydrogen-bond acceptors (Lipinski definition) is 1. The van der Waals surface area contributed by atoms with Crippen LogP contribution in [0.15, 0.2) is 35.3 Å². The Morgan fingerprint density at radius 3 is 2.56 bits per heavy atom. The Morgan fingerprint density at radius 1 is 1.12 bits per heavy atom. The lowest BCUT2D eigenvalue weighted by molar-refractivity contribution is 0.203. The Morgan fingerprint density at radius 2 is 1.88 bits per heavy atom. The van der Waals surface area contributed by atoms with Gasteiger partial charge in [0.25, 0.3) is 0 Å². The van der Waals surface area contributed by atoms with Gasteiger partial charge >= 0.3 is 6.03 Å². The fourth-order valence-corrected chi connectivity index (χ4v) is 3.50. The summed E-state index contributed by atoms with van der Waals surface area (Å²) < 4.78 is 14.4. The minimum absolute atomic E-state index is 0.214. The van der Waals surface area contributed by atoms with E-state index in [1.165, 1.54) is 17.0 Å². The first-order valence-electron chi connectivity index (χ1n) is 7.51. The third kappa shape index (κ3) is 3.41. The fraction of sp³-hybridized carbons (Fsp3) is 0.176. The summed E-state index contributed by atoms with van der Waals surface area (Å²) in [5.74, 6) is -0.746. The van der Waals surface area contributed by atoms with Gasteiger partial charge in [-0.25, -0.2) is 9.18 Å². The summed E-state index contributed by atoms with van der Waals surface area (Å²) >= 11 is 12.5. The van der Waals surface area contributed by atoms with Crippen molar-refractivity contribution in [3.05, 3.63) is 57.3 Å². The molecule has 0 saturated carbocycles. The molecule has 3 rings (SSSR count). The Bertz CT molecular complexity index is 861. The molecule has 1 aliphatic rings. The second-order valence-electron chi connectivity index (χ2n) is 5.64. The molecule has 2 amide bonds. The number of fused-ring (bicyclic) bond motifs is 1. The van der Waals surface area contributed by atoms with Gasteiger partial charge in [0.05, 0.1) is 5.02 Å². The summed E-state index contributed by atoms with van der Waals surface area (Å²) in [6, 6.07) is 7.38. The van der Waals surface area contributed by atoms with Gasteiger partial charge in [-0.3, -0.25) is 0 Å². The second kappa shape index (κ2) is 6.90. The van der Waals surface area contributed by atoms with Gasteiger partial charge in [0, 0.05) is 23.7 Å². The van der Waals surface area contributed by atoms with Gasteiger partial charge in [0.15, 0.2) is 5.96 Å². The molecule has 0 saturated heterocycles. The van der Waals surface area contributed by atoms with Crippen LogP contribution in [0.5, 0.6) is 0 Å². The van der Waals surface area contributed by atoms with Crippen LogP contribution < -0.4 is 11.5 Å². The van der Waals surface area contributed by atoms with Gasteiger partial charge in [-0.2, -0.15) is 4.99 Å². The van der Waals surface area contributed by atoms with Crippen molar-refractivity contribution in [3.8, 4) is 11.1 Å². The molecule has 0 spiro atoms. The number of benzene rings is 2. The highest BCUT2D eigenvalue weighted by molar-refractivity contribution is 6.33. The predicted octanol–water partition coefficient (Wildman–Crippen LogP) is 3.55. The molecule has 0 atom stereocenters. The van der Waals surface area contributed by atoms with E-state index in [2.05, 4.69) is 4.99 Å². The maximum absolute atomic E-state index is 14.4. The summed E-state index contributed by atoms with van der Waals surface area (Å²) in [5.41, 5.74) is 13.0. The van der Waals surface area contributed by atoms with Gasteiger partial charge in [-0.15, -0.1) is 0 Å². The van der Waals surface area contributed by atoms with E-state index in [0.717, 1.165) is 11.1 Å². The van der Waals surface area contributed by atoms with Crippen molar-refractivity contribution in [1.29, 1.82) is 0 Å². The molecule has 0 radical (unpaired) electrons. The van der Waals surface area contributed by atoms with Crippen LogP contribution >= 0.6 is 23.2 Å². The highest BCUT2D eigenvalue weighted by atomic mass is 35.5. The third-order valence-corrected chi connectivity index (χ3v) is 4.75. The van der Waals surface area contributed by atoms with E-state index in [0.29, 0.717) is 23.6 Å². The number of aliphatic imine (C=N–C) groups is 1. The SMILES string of the molecule is NC(N)=NC(=O)N1CCc2c(Cl)ccc(-c3c(F)cccc3Cl)c2C1. The second-order valence-corrected chi connectivity index (χ2v) is 6.45. The van der Waals surface area contributed by atoms with Crippen LogP contribution in [0.1, 0.15) is 11.1 Å². The Balaban J connectivity index is 2.10. The number of rotatable bonds is 1. The molecule has 1 aliphatic heterocycles. The van der Waals surface area contributed by atoms with E-state index in [4.69, 9.17) is 34.7 Å². The van der Waals surface area contributed by atoms with Crippen LogP contribution in [0.3, 0.4) is 0 Å². The largest absolute Gasteiger partial charge is 0.370 e. The molecule has 1 heterocycles. The smallest absolute Gasteiger partial charge is 0.347 e. The minimum atomic E-state index is -0.545. The summed E-state index contributed by atoms with van der Waals surface area (Å²) in [7, 11) is 0. The fourth-order valence-electron chi connectivity index (χ4n) is 2.97. The topological polar surface area (TPSA) is 84.7 Å². The molecule has 0 bridgehead atoms. The molecule has 2 aromatic rings. The molecule has 0 aromatic heterocycles. The van der Waals surface area contributed by atoms with E-state index in [9.17, 15) is 9.18 Å². The summed E-state index contributed by atoms with van der Waals surface area (Å²) in [6.45, 7) is 0.627. The zero-order valence-electron chi connectivity index (χ0n) is 13.1. The van der Waals surface area contributed by atoms with E-state index in [-0.39, 0.29) is 23.1 Å². The first-order chi connectivity index (χ1) is 11.9. The first kappa shape index (κ1) is 17.5. The zero-order chi connectivity index (χ0) is 18.1.